The topological polar surface area (TPSA) is 47.9 Å². The first-order valence-electron chi connectivity index (χ1n) is 8.17. The van der Waals surface area contributed by atoms with Crippen molar-refractivity contribution in [2.24, 2.45) is 4.99 Å². The highest BCUT2D eigenvalue weighted by molar-refractivity contribution is 6.30. The number of hydrogen-bond donors (Lipinski definition) is 0. The van der Waals surface area contributed by atoms with Gasteiger partial charge in [-0.3, -0.25) is 0 Å². The molecule has 0 radical (unpaired) electrons. The van der Waals surface area contributed by atoms with Gasteiger partial charge in [0.1, 0.15) is 5.75 Å². The van der Waals surface area contributed by atoms with Crippen LogP contribution >= 0.6 is 11.6 Å². The van der Waals surface area contributed by atoms with Gasteiger partial charge < -0.3 is 9.47 Å². The minimum atomic E-state index is -0.465. The second kappa shape index (κ2) is 7.99. The third kappa shape index (κ3) is 4.48. The third-order valence-corrected chi connectivity index (χ3v) is 3.91. The van der Waals surface area contributed by atoms with E-state index in [4.69, 9.17) is 21.1 Å². The van der Waals surface area contributed by atoms with Crippen LogP contribution < -0.4 is 4.74 Å². The van der Waals surface area contributed by atoms with Crippen molar-refractivity contribution >= 4 is 29.5 Å². The Kier molecular flexibility index (Phi) is 5.51. The Balaban J connectivity index is 1.74. The first kappa shape index (κ1) is 17.2. The van der Waals surface area contributed by atoms with Gasteiger partial charge in [0.05, 0.1) is 6.61 Å². The van der Waals surface area contributed by atoms with Gasteiger partial charge in [-0.1, -0.05) is 37.1 Å². The van der Waals surface area contributed by atoms with E-state index < -0.39 is 5.97 Å². The van der Waals surface area contributed by atoms with Crippen LogP contribution in [-0.4, -0.2) is 18.5 Å². The van der Waals surface area contributed by atoms with E-state index >= 15 is 0 Å². The summed E-state index contributed by atoms with van der Waals surface area (Å²) in [4.78, 5) is 16.3. The Labute approximate surface area is 151 Å². The number of unbranched alkanes of at least 4 members (excludes halogenated alkanes) is 1. The maximum Gasteiger partial charge on any atom is 0.363 e. The molecule has 0 N–H and O–H groups in total. The molecule has 5 heteroatoms. The van der Waals surface area contributed by atoms with E-state index in [9.17, 15) is 4.79 Å². The van der Waals surface area contributed by atoms with Crippen LogP contribution in [0.5, 0.6) is 5.75 Å². The number of carbonyl (C=O) groups excluding carboxylic acids is 1. The number of cyclic esters (lactones) is 1. The number of esters is 1. The zero-order valence-electron chi connectivity index (χ0n) is 13.9. The zero-order valence-corrected chi connectivity index (χ0v) is 14.6. The van der Waals surface area contributed by atoms with Crippen LogP contribution in [0.3, 0.4) is 0 Å². The molecule has 128 valence electrons. The van der Waals surface area contributed by atoms with Gasteiger partial charge in [0.2, 0.25) is 5.90 Å². The molecule has 0 amide bonds. The molecule has 0 spiro atoms. The molecule has 1 aliphatic heterocycles. The Morgan fingerprint density at radius 3 is 2.52 bits per heavy atom. The number of rotatable bonds is 6. The molecule has 0 atom stereocenters. The van der Waals surface area contributed by atoms with E-state index in [1.54, 1.807) is 30.3 Å². The summed E-state index contributed by atoms with van der Waals surface area (Å²) in [6, 6.07) is 14.5. The van der Waals surface area contributed by atoms with Crippen molar-refractivity contribution < 1.29 is 14.3 Å². The van der Waals surface area contributed by atoms with E-state index in [1.807, 2.05) is 24.3 Å². The summed E-state index contributed by atoms with van der Waals surface area (Å²) in [5.41, 5.74) is 1.83. The first-order chi connectivity index (χ1) is 12.2. The lowest BCUT2D eigenvalue weighted by Gasteiger charge is -2.05. The van der Waals surface area contributed by atoms with Crippen molar-refractivity contribution in [3.63, 3.8) is 0 Å². The van der Waals surface area contributed by atoms with Gasteiger partial charge in [-0.25, -0.2) is 9.79 Å². The van der Waals surface area contributed by atoms with Crippen LogP contribution in [0.4, 0.5) is 0 Å². The average molecular weight is 356 g/mol. The van der Waals surface area contributed by atoms with Gasteiger partial charge >= 0.3 is 5.97 Å². The van der Waals surface area contributed by atoms with E-state index in [0.29, 0.717) is 17.2 Å². The molecule has 0 fully saturated rings. The zero-order chi connectivity index (χ0) is 17.6. The minimum absolute atomic E-state index is 0.268. The fourth-order valence-electron chi connectivity index (χ4n) is 2.28. The highest BCUT2D eigenvalue weighted by atomic mass is 35.5. The standard InChI is InChI=1S/C20H18ClNO3/c1-2-3-12-24-17-10-4-14(5-11-17)13-18-20(23)25-19(22-18)15-6-8-16(21)9-7-15/h4-11,13H,2-3,12H2,1H3/b18-13+. The average Bonchev–Trinajstić information content (AvgIpc) is 2.98. The van der Waals surface area contributed by atoms with E-state index in [0.717, 1.165) is 24.2 Å². The number of ether oxygens (including phenoxy) is 2. The van der Waals surface area contributed by atoms with Gasteiger partial charge in [0, 0.05) is 10.6 Å². The molecule has 0 saturated carbocycles. The number of halogens is 1. The lowest BCUT2D eigenvalue weighted by molar-refractivity contribution is -0.129. The van der Waals surface area contributed by atoms with Gasteiger partial charge in [0.15, 0.2) is 5.70 Å². The summed E-state index contributed by atoms with van der Waals surface area (Å²) in [5, 5.41) is 0.616. The number of nitrogens with zero attached hydrogens (tertiary/aromatic N) is 1. The summed E-state index contributed by atoms with van der Waals surface area (Å²) in [7, 11) is 0. The normalized spacial score (nSPS) is 15.2. The van der Waals surface area contributed by atoms with Gasteiger partial charge in [-0.2, -0.15) is 0 Å². The SMILES string of the molecule is CCCCOc1ccc(/C=C2/N=C(c3ccc(Cl)cc3)OC2=O)cc1. The number of aliphatic imine (C=N–C) groups is 1. The molecular formula is C20H18ClNO3. The predicted octanol–water partition coefficient (Wildman–Crippen LogP) is 4.86. The summed E-state index contributed by atoms with van der Waals surface area (Å²) in [6.45, 7) is 2.83. The van der Waals surface area contributed by atoms with Crippen LogP contribution in [0.15, 0.2) is 59.2 Å². The predicted molar refractivity (Wildman–Crippen MR) is 98.9 cm³/mol. The summed E-state index contributed by atoms with van der Waals surface area (Å²) in [5.74, 6) is 0.635. The summed E-state index contributed by atoms with van der Waals surface area (Å²) < 4.78 is 10.9. The van der Waals surface area contributed by atoms with Crippen molar-refractivity contribution in [3.8, 4) is 5.75 Å². The van der Waals surface area contributed by atoms with Crippen LogP contribution in [0.1, 0.15) is 30.9 Å². The molecule has 0 unspecified atom stereocenters. The fraction of sp³-hybridized carbons (Fsp3) is 0.200. The lowest BCUT2D eigenvalue weighted by Crippen LogP contribution is -2.05. The van der Waals surface area contributed by atoms with Crippen LogP contribution in [0.25, 0.3) is 6.08 Å². The first-order valence-corrected chi connectivity index (χ1v) is 8.55. The molecule has 0 saturated heterocycles. The third-order valence-electron chi connectivity index (χ3n) is 3.66. The Morgan fingerprint density at radius 2 is 1.84 bits per heavy atom. The van der Waals surface area contributed by atoms with Crippen LogP contribution in [0.2, 0.25) is 5.02 Å². The van der Waals surface area contributed by atoms with E-state index in [1.165, 1.54) is 0 Å². The van der Waals surface area contributed by atoms with Gasteiger partial charge in [-0.15, -0.1) is 0 Å². The molecule has 2 aromatic rings. The Hall–Kier alpha value is -2.59. The summed E-state index contributed by atoms with van der Waals surface area (Å²) >= 11 is 5.87. The largest absolute Gasteiger partial charge is 0.494 e. The number of benzene rings is 2. The second-order valence-corrected chi connectivity index (χ2v) is 6.05. The lowest BCUT2D eigenvalue weighted by atomic mass is 10.2. The van der Waals surface area contributed by atoms with Crippen molar-refractivity contribution in [3.05, 3.63) is 70.4 Å². The number of hydrogen-bond acceptors (Lipinski definition) is 4. The second-order valence-electron chi connectivity index (χ2n) is 5.61. The molecule has 3 rings (SSSR count). The molecule has 1 aliphatic rings. The molecule has 4 nitrogen and oxygen atoms in total. The molecule has 2 aromatic carbocycles. The van der Waals surface area contributed by atoms with Crippen molar-refractivity contribution in [1.82, 2.24) is 0 Å². The van der Waals surface area contributed by atoms with E-state index in [-0.39, 0.29) is 11.6 Å². The van der Waals surface area contributed by atoms with Crippen molar-refractivity contribution in [2.75, 3.05) is 6.61 Å². The molecular weight excluding hydrogens is 338 g/mol. The van der Waals surface area contributed by atoms with Gasteiger partial charge in [0.25, 0.3) is 0 Å². The molecule has 1 heterocycles. The number of carbonyl (C=O) groups is 1. The van der Waals surface area contributed by atoms with Gasteiger partial charge in [-0.05, 0) is 54.5 Å². The van der Waals surface area contributed by atoms with Crippen LogP contribution in [0, 0.1) is 0 Å². The van der Waals surface area contributed by atoms with Crippen LogP contribution in [-0.2, 0) is 9.53 Å². The van der Waals surface area contributed by atoms with E-state index in [2.05, 4.69) is 11.9 Å². The Morgan fingerprint density at radius 1 is 1.12 bits per heavy atom. The Bertz CT molecular complexity index is 808. The van der Waals surface area contributed by atoms with Crippen molar-refractivity contribution in [1.29, 1.82) is 0 Å². The quantitative estimate of drug-likeness (QED) is 0.422. The molecule has 0 bridgehead atoms. The molecule has 0 aliphatic carbocycles. The maximum atomic E-state index is 12.0. The fourth-order valence-corrected chi connectivity index (χ4v) is 2.40. The summed E-state index contributed by atoms with van der Waals surface area (Å²) in [6.07, 6.45) is 3.82. The van der Waals surface area contributed by atoms with Crippen molar-refractivity contribution in [2.45, 2.75) is 19.8 Å². The molecule has 25 heavy (non-hydrogen) atoms. The molecule has 0 aromatic heterocycles. The highest BCUT2D eigenvalue weighted by Crippen LogP contribution is 2.21. The smallest absolute Gasteiger partial charge is 0.363 e. The maximum absolute atomic E-state index is 12.0. The highest BCUT2D eigenvalue weighted by Gasteiger charge is 2.24. The minimum Gasteiger partial charge on any atom is -0.494 e. The monoisotopic (exact) mass is 355 g/mol.